The van der Waals surface area contributed by atoms with Crippen LogP contribution in [0.3, 0.4) is 0 Å². The minimum Gasteiger partial charge on any atom is -0.313 e. The summed E-state index contributed by atoms with van der Waals surface area (Å²) in [5, 5.41) is 2.91. The molecule has 0 aromatic heterocycles. The van der Waals surface area contributed by atoms with Crippen molar-refractivity contribution in [2.24, 2.45) is 0 Å². The Hall–Kier alpha value is -0.510. The van der Waals surface area contributed by atoms with E-state index in [2.05, 4.69) is 11.9 Å². The highest BCUT2D eigenvalue weighted by Crippen LogP contribution is 2.20. The zero-order valence-electron chi connectivity index (χ0n) is 7.88. The maximum Gasteiger partial charge on any atom is 0.389 e. The van der Waals surface area contributed by atoms with Gasteiger partial charge in [-0.15, -0.1) is 0 Å². The predicted octanol–water partition coefficient (Wildman–Crippen LogP) is 2.88. The minimum absolute atomic E-state index is 0.139. The molecular formula is C9H16F3N. The van der Waals surface area contributed by atoms with Crippen molar-refractivity contribution in [3.8, 4) is 0 Å². The van der Waals surface area contributed by atoms with E-state index in [1.807, 2.05) is 6.92 Å². The Morgan fingerprint density at radius 2 is 2.00 bits per heavy atom. The summed E-state index contributed by atoms with van der Waals surface area (Å²) in [6.45, 7) is 6.73. The van der Waals surface area contributed by atoms with Crippen LogP contribution >= 0.6 is 0 Å². The first-order chi connectivity index (χ1) is 5.95. The molecule has 0 aromatic carbocycles. The van der Waals surface area contributed by atoms with Gasteiger partial charge in [-0.3, -0.25) is 0 Å². The maximum atomic E-state index is 11.7. The molecule has 0 heterocycles. The summed E-state index contributed by atoms with van der Waals surface area (Å²) in [7, 11) is 0. The second-order valence-corrected chi connectivity index (χ2v) is 3.00. The molecule has 0 unspecified atom stereocenters. The molecule has 0 saturated carbocycles. The van der Waals surface area contributed by atoms with E-state index in [0.29, 0.717) is 13.1 Å². The van der Waals surface area contributed by atoms with Crippen molar-refractivity contribution < 1.29 is 13.2 Å². The molecule has 0 rings (SSSR count). The molecular weight excluding hydrogens is 179 g/mol. The van der Waals surface area contributed by atoms with Gasteiger partial charge < -0.3 is 5.32 Å². The number of halogens is 3. The van der Waals surface area contributed by atoms with Crippen LogP contribution in [0, 0.1) is 0 Å². The molecule has 0 aliphatic rings. The second-order valence-electron chi connectivity index (χ2n) is 3.00. The monoisotopic (exact) mass is 195 g/mol. The van der Waals surface area contributed by atoms with Crippen LogP contribution in [0.25, 0.3) is 0 Å². The first kappa shape index (κ1) is 12.5. The van der Waals surface area contributed by atoms with E-state index in [0.717, 1.165) is 12.0 Å². The fraction of sp³-hybridized carbons (Fsp3) is 0.778. The fourth-order valence-electron chi connectivity index (χ4n) is 0.804. The van der Waals surface area contributed by atoms with Crippen molar-refractivity contribution in [1.29, 1.82) is 0 Å². The average molecular weight is 195 g/mol. The van der Waals surface area contributed by atoms with Gasteiger partial charge in [0, 0.05) is 13.0 Å². The van der Waals surface area contributed by atoms with Gasteiger partial charge in [-0.25, -0.2) is 0 Å². The van der Waals surface area contributed by atoms with Crippen LogP contribution in [0.15, 0.2) is 12.2 Å². The van der Waals surface area contributed by atoms with Gasteiger partial charge in [0.15, 0.2) is 0 Å². The third-order valence-electron chi connectivity index (χ3n) is 1.69. The van der Waals surface area contributed by atoms with Crippen LogP contribution in [0.4, 0.5) is 13.2 Å². The van der Waals surface area contributed by atoms with Crippen LogP contribution in [0.1, 0.15) is 26.2 Å². The van der Waals surface area contributed by atoms with Gasteiger partial charge in [0.05, 0.1) is 0 Å². The molecule has 13 heavy (non-hydrogen) atoms. The quantitative estimate of drug-likeness (QED) is 0.507. The Bertz CT molecular complexity index is 151. The largest absolute Gasteiger partial charge is 0.389 e. The first-order valence-electron chi connectivity index (χ1n) is 4.40. The standard InChI is InChI=1S/C9H16F3N/c1-3-8(2)7-13-6-4-5-9(10,11)12/h13H,2-7H2,1H3. The van der Waals surface area contributed by atoms with Gasteiger partial charge in [-0.05, 0) is 19.4 Å². The molecule has 78 valence electrons. The number of alkyl halides is 3. The number of hydrogen-bond donors (Lipinski definition) is 1. The van der Waals surface area contributed by atoms with Gasteiger partial charge in [0.1, 0.15) is 0 Å². The minimum atomic E-state index is -4.02. The third-order valence-corrected chi connectivity index (χ3v) is 1.69. The molecule has 1 nitrogen and oxygen atoms in total. The lowest BCUT2D eigenvalue weighted by molar-refractivity contribution is -0.135. The SMILES string of the molecule is C=C(CC)CNCCCC(F)(F)F. The average Bonchev–Trinajstić information content (AvgIpc) is 2.01. The molecule has 0 radical (unpaired) electrons. The molecule has 0 bridgehead atoms. The third kappa shape index (κ3) is 9.40. The summed E-state index contributed by atoms with van der Waals surface area (Å²) in [6, 6.07) is 0. The Balaban J connectivity index is 3.22. The lowest BCUT2D eigenvalue weighted by Crippen LogP contribution is -2.20. The summed E-state index contributed by atoms with van der Waals surface area (Å²) in [6.07, 6.45) is -3.73. The van der Waals surface area contributed by atoms with Crippen molar-refractivity contribution in [2.75, 3.05) is 13.1 Å². The van der Waals surface area contributed by atoms with E-state index in [-0.39, 0.29) is 6.42 Å². The van der Waals surface area contributed by atoms with Gasteiger partial charge in [-0.2, -0.15) is 13.2 Å². The van der Waals surface area contributed by atoms with Crippen LogP contribution in [0.5, 0.6) is 0 Å². The highest BCUT2D eigenvalue weighted by atomic mass is 19.4. The van der Waals surface area contributed by atoms with Crippen molar-refractivity contribution in [2.45, 2.75) is 32.4 Å². The van der Waals surface area contributed by atoms with Crippen LogP contribution in [-0.4, -0.2) is 19.3 Å². The van der Waals surface area contributed by atoms with E-state index in [1.165, 1.54) is 0 Å². The molecule has 0 atom stereocenters. The number of hydrogen-bond acceptors (Lipinski definition) is 1. The Morgan fingerprint density at radius 3 is 2.46 bits per heavy atom. The van der Waals surface area contributed by atoms with Gasteiger partial charge >= 0.3 is 6.18 Å². The topological polar surface area (TPSA) is 12.0 Å². The van der Waals surface area contributed by atoms with Crippen molar-refractivity contribution in [1.82, 2.24) is 5.32 Å². The van der Waals surface area contributed by atoms with E-state index in [9.17, 15) is 13.2 Å². The predicted molar refractivity (Wildman–Crippen MR) is 47.6 cm³/mol. The van der Waals surface area contributed by atoms with Crippen molar-refractivity contribution in [3.05, 3.63) is 12.2 Å². The van der Waals surface area contributed by atoms with Gasteiger partial charge in [-0.1, -0.05) is 19.1 Å². The summed E-state index contributed by atoms with van der Waals surface area (Å²) < 4.78 is 35.0. The van der Waals surface area contributed by atoms with E-state index in [1.54, 1.807) is 0 Å². The van der Waals surface area contributed by atoms with Crippen molar-refractivity contribution >= 4 is 0 Å². The lowest BCUT2D eigenvalue weighted by Gasteiger charge is -2.07. The molecule has 0 amide bonds. The first-order valence-corrected chi connectivity index (χ1v) is 4.40. The summed E-state index contributed by atoms with van der Waals surface area (Å²) in [5.74, 6) is 0. The normalized spacial score (nSPS) is 11.7. The highest BCUT2D eigenvalue weighted by molar-refractivity contribution is 4.94. The fourth-order valence-corrected chi connectivity index (χ4v) is 0.804. The summed E-state index contributed by atoms with van der Waals surface area (Å²) >= 11 is 0. The molecule has 0 fully saturated rings. The van der Waals surface area contributed by atoms with Crippen molar-refractivity contribution in [3.63, 3.8) is 0 Å². The van der Waals surface area contributed by atoms with E-state index >= 15 is 0 Å². The molecule has 0 saturated heterocycles. The molecule has 0 spiro atoms. The van der Waals surface area contributed by atoms with Gasteiger partial charge in [0.25, 0.3) is 0 Å². The Kier molecular flexibility index (Phi) is 5.79. The van der Waals surface area contributed by atoms with E-state index in [4.69, 9.17) is 0 Å². The summed E-state index contributed by atoms with van der Waals surface area (Å²) in [4.78, 5) is 0. The van der Waals surface area contributed by atoms with Crippen LogP contribution in [0.2, 0.25) is 0 Å². The molecule has 0 aliphatic carbocycles. The number of nitrogens with one attached hydrogen (secondary N) is 1. The molecule has 0 aliphatic heterocycles. The Labute approximate surface area is 77.0 Å². The lowest BCUT2D eigenvalue weighted by atomic mass is 10.2. The second kappa shape index (κ2) is 6.02. The van der Waals surface area contributed by atoms with E-state index < -0.39 is 12.6 Å². The van der Waals surface area contributed by atoms with Crippen LogP contribution < -0.4 is 5.32 Å². The van der Waals surface area contributed by atoms with Crippen LogP contribution in [-0.2, 0) is 0 Å². The summed E-state index contributed by atoms with van der Waals surface area (Å²) in [5.41, 5.74) is 1.02. The Morgan fingerprint density at radius 1 is 1.38 bits per heavy atom. The van der Waals surface area contributed by atoms with Gasteiger partial charge in [0.2, 0.25) is 0 Å². The maximum absolute atomic E-state index is 11.7. The highest BCUT2D eigenvalue weighted by Gasteiger charge is 2.25. The zero-order chi connectivity index (χ0) is 10.3. The number of rotatable bonds is 6. The zero-order valence-corrected chi connectivity index (χ0v) is 7.88. The molecule has 4 heteroatoms. The molecule has 0 aromatic rings. The molecule has 1 N–H and O–H groups in total. The smallest absolute Gasteiger partial charge is 0.313 e.